The summed E-state index contributed by atoms with van der Waals surface area (Å²) in [5.41, 5.74) is 5.26. The molecule has 0 radical (unpaired) electrons. The molecule has 35 heavy (non-hydrogen) atoms. The van der Waals surface area contributed by atoms with Crippen molar-refractivity contribution in [3.63, 3.8) is 0 Å². The molecular formula is C27H21ClFN3O2S. The van der Waals surface area contributed by atoms with Gasteiger partial charge in [0.25, 0.3) is 10.0 Å². The average molecular weight is 506 g/mol. The van der Waals surface area contributed by atoms with Gasteiger partial charge < -0.3 is 4.57 Å². The fourth-order valence-electron chi connectivity index (χ4n) is 3.91. The lowest BCUT2D eigenvalue weighted by molar-refractivity contribution is 0.599. The zero-order chi connectivity index (χ0) is 24.6. The van der Waals surface area contributed by atoms with Crippen LogP contribution in [0.5, 0.6) is 0 Å². The van der Waals surface area contributed by atoms with Crippen LogP contribution in [0.15, 0.2) is 95.9 Å². The molecule has 0 unspecified atom stereocenters. The highest BCUT2D eigenvalue weighted by Gasteiger charge is 2.18. The van der Waals surface area contributed by atoms with Crippen molar-refractivity contribution in [2.75, 3.05) is 4.72 Å². The molecule has 0 aliphatic heterocycles. The first-order valence-corrected chi connectivity index (χ1v) is 12.8. The van der Waals surface area contributed by atoms with Crippen LogP contribution in [0.25, 0.3) is 22.4 Å². The third kappa shape index (κ3) is 4.78. The molecule has 5 rings (SSSR count). The number of halogens is 2. The largest absolute Gasteiger partial charge is 0.319 e. The molecule has 0 aliphatic rings. The zero-order valence-corrected chi connectivity index (χ0v) is 20.3. The van der Waals surface area contributed by atoms with Crippen LogP contribution in [0.3, 0.4) is 0 Å². The van der Waals surface area contributed by atoms with Crippen molar-refractivity contribution in [1.82, 2.24) is 9.55 Å². The van der Waals surface area contributed by atoms with E-state index in [0.717, 1.165) is 40.1 Å². The van der Waals surface area contributed by atoms with E-state index in [1.54, 1.807) is 18.2 Å². The molecule has 0 saturated carbocycles. The Morgan fingerprint density at radius 3 is 2.49 bits per heavy atom. The number of rotatable bonds is 6. The molecule has 0 aliphatic carbocycles. The topological polar surface area (TPSA) is 64.0 Å². The second-order valence-electron chi connectivity index (χ2n) is 8.26. The Morgan fingerprint density at radius 2 is 1.71 bits per heavy atom. The van der Waals surface area contributed by atoms with E-state index in [4.69, 9.17) is 16.6 Å². The summed E-state index contributed by atoms with van der Waals surface area (Å²) in [6.07, 6.45) is 0. The van der Waals surface area contributed by atoms with Crippen molar-refractivity contribution in [2.45, 2.75) is 18.4 Å². The highest BCUT2D eigenvalue weighted by molar-refractivity contribution is 7.92. The second kappa shape index (κ2) is 9.17. The highest BCUT2D eigenvalue weighted by atomic mass is 35.5. The van der Waals surface area contributed by atoms with E-state index < -0.39 is 15.8 Å². The molecule has 4 aromatic carbocycles. The number of aryl methyl sites for hydroxylation is 1. The maximum atomic E-state index is 13.5. The van der Waals surface area contributed by atoms with Crippen molar-refractivity contribution >= 4 is 38.3 Å². The van der Waals surface area contributed by atoms with Gasteiger partial charge >= 0.3 is 0 Å². The summed E-state index contributed by atoms with van der Waals surface area (Å²) in [5, 5.41) is -0.258. The Labute approximate surface area is 207 Å². The van der Waals surface area contributed by atoms with E-state index in [1.165, 1.54) is 11.6 Å². The number of anilines is 1. The van der Waals surface area contributed by atoms with Crippen LogP contribution in [-0.2, 0) is 16.6 Å². The zero-order valence-electron chi connectivity index (χ0n) is 18.7. The summed E-state index contributed by atoms with van der Waals surface area (Å²) in [7, 11) is -3.97. The quantitative estimate of drug-likeness (QED) is 0.281. The number of aromatic nitrogens is 2. The van der Waals surface area contributed by atoms with Gasteiger partial charge in [0.1, 0.15) is 11.6 Å². The van der Waals surface area contributed by atoms with Gasteiger partial charge in [-0.25, -0.2) is 17.8 Å². The van der Waals surface area contributed by atoms with E-state index in [9.17, 15) is 12.8 Å². The van der Waals surface area contributed by atoms with E-state index in [1.807, 2.05) is 37.3 Å². The van der Waals surface area contributed by atoms with Crippen molar-refractivity contribution in [2.24, 2.45) is 0 Å². The van der Waals surface area contributed by atoms with Crippen molar-refractivity contribution in [1.29, 1.82) is 0 Å². The number of nitrogens with zero attached hydrogens (tertiary/aromatic N) is 2. The van der Waals surface area contributed by atoms with Gasteiger partial charge in [-0.1, -0.05) is 65.7 Å². The van der Waals surface area contributed by atoms with Gasteiger partial charge in [-0.15, -0.1) is 0 Å². The molecule has 0 bridgehead atoms. The van der Waals surface area contributed by atoms with Crippen LogP contribution in [0.1, 0.15) is 11.1 Å². The highest BCUT2D eigenvalue weighted by Crippen LogP contribution is 2.29. The Bertz CT molecular complexity index is 1650. The summed E-state index contributed by atoms with van der Waals surface area (Å²) in [6, 6.07) is 26.5. The molecule has 8 heteroatoms. The molecule has 0 saturated heterocycles. The number of hydrogen-bond acceptors (Lipinski definition) is 3. The first kappa shape index (κ1) is 23.1. The summed E-state index contributed by atoms with van der Waals surface area (Å²) in [5.74, 6) is 0.0396. The van der Waals surface area contributed by atoms with E-state index >= 15 is 0 Å². The van der Waals surface area contributed by atoms with Gasteiger partial charge in [0.15, 0.2) is 0 Å². The Kier molecular flexibility index (Phi) is 6.05. The van der Waals surface area contributed by atoms with E-state index in [-0.39, 0.29) is 9.92 Å². The van der Waals surface area contributed by atoms with Crippen molar-refractivity contribution in [3.05, 3.63) is 113 Å². The summed E-state index contributed by atoms with van der Waals surface area (Å²) < 4.78 is 43.9. The van der Waals surface area contributed by atoms with Crippen LogP contribution in [-0.4, -0.2) is 18.0 Å². The number of imidazole rings is 1. The van der Waals surface area contributed by atoms with Gasteiger partial charge in [-0.2, -0.15) is 0 Å². The summed E-state index contributed by atoms with van der Waals surface area (Å²) in [4.78, 5) is 4.72. The Balaban J connectivity index is 1.53. The predicted molar refractivity (Wildman–Crippen MR) is 138 cm³/mol. The summed E-state index contributed by atoms with van der Waals surface area (Å²) in [6.45, 7) is 2.66. The second-order valence-corrected chi connectivity index (χ2v) is 10.3. The minimum atomic E-state index is -3.97. The molecule has 0 atom stereocenters. The van der Waals surface area contributed by atoms with Crippen molar-refractivity contribution < 1.29 is 12.8 Å². The van der Waals surface area contributed by atoms with Crippen LogP contribution in [0.4, 0.5) is 10.1 Å². The molecule has 1 heterocycles. The normalized spacial score (nSPS) is 11.6. The lowest BCUT2D eigenvalue weighted by Crippen LogP contribution is -2.13. The average Bonchev–Trinajstić information content (AvgIpc) is 3.20. The monoisotopic (exact) mass is 505 g/mol. The lowest BCUT2D eigenvalue weighted by Gasteiger charge is -2.12. The lowest BCUT2D eigenvalue weighted by atomic mass is 10.1. The van der Waals surface area contributed by atoms with Gasteiger partial charge in [-0.05, 0) is 55.0 Å². The van der Waals surface area contributed by atoms with Crippen molar-refractivity contribution in [3.8, 4) is 11.4 Å². The maximum Gasteiger partial charge on any atom is 0.261 e. The number of sulfonamides is 1. The minimum absolute atomic E-state index is 0.124. The predicted octanol–water partition coefficient (Wildman–Crippen LogP) is 6.65. The molecule has 0 fully saturated rings. The van der Waals surface area contributed by atoms with Crippen LogP contribution >= 0.6 is 11.6 Å². The van der Waals surface area contributed by atoms with Gasteiger partial charge in [0, 0.05) is 17.8 Å². The minimum Gasteiger partial charge on any atom is -0.319 e. The third-order valence-electron chi connectivity index (χ3n) is 5.69. The maximum absolute atomic E-state index is 13.5. The van der Waals surface area contributed by atoms with Gasteiger partial charge in [-0.3, -0.25) is 4.72 Å². The molecule has 1 aromatic heterocycles. The van der Waals surface area contributed by atoms with Gasteiger partial charge in [0.05, 0.1) is 21.0 Å². The van der Waals surface area contributed by atoms with Crippen LogP contribution < -0.4 is 4.72 Å². The molecular weight excluding hydrogens is 485 g/mol. The van der Waals surface area contributed by atoms with E-state index in [2.05, 4.69) is 33.6 Å². The summed E-state index contributed by atoms with van der Waals surface area (Å²) >= 11 is 5.78. The molecule has 1 N–H and O–H groups in total. The molecule has 0 spiro atoms. The number of nitrogens with one attached hydrogen (secondary N) is 1. The smallest absolute Gasteiger partial charge is 0.261 e. The number of hydrogen-bond donors (Lipinski definition) is 1. The van der Waals surface area contributed by atoms with Crippen LogP contribution in [0, 0.1) is 12.7 Å². The molecule has 176 valence electrons. The fourth-order valence-corrected chi connectivity index (χ4v) is 5.23. The number of fused-ring (bicyclic) bond motifs is 1. The number of para-hydroxylation sites is 2. The Morgan fingerprint density at radius 1 is 0.943 bits per heavy atom. The van der Waals surface area contributed by atoms with Crippen LogP contribution in [0.2, 0.25) is 5.02 Å². The first-order valence-electron chi connectivity index (χ1n) is 10.9. The standard InChI is InChI=1S/C27H21ClFN3O2S/c1-18-9-11-19(12-10-18)17-32-26-8-3-2-7-25(26)30-27(32)20-5-4-6-21(15-20)31-35(33,34)22-13-14-24(29)23(28)16-22/h2-16,31H,17H2,1H3. The SMILES string of the molecule is Cc1ccc(Cn2c(-c3cccc(NS(=O)(=O)c4ccc(F)c(Cl)c4)c3)nc3ccccc32)cc1. The first-order chi connectivity index (χ1) is 16.8. The van der Waals surface area contributed by atoms with E-state index in [0.29, 0.717) is 12.2 Å². The fraction of sp³-hybridized carbons (Fsp3) is 0.0741. The third-order valence-corrected chi connectivity index (χ3v) is 7.36. The molecule has 5 nitrogen and oxygen atoms in total. The Hall–Kier alpha value is -3.68. The molecule has 0 amide bonds. The van der Waals surface area contributed by atoms with Gasteiger partial charge in [0.2, 0.25) is 0 Å². The molecule has 5 aromatic rings. The number of benzene rings is 4.